The molecule has 2 aromatic rings. The summed E-state index contributed by atoms with van der Waals surface area (Å²) < 4.78 is 10.6. The van der Waals surface area contributed by atoms with Crippen LogP contribution in [0.4, 0.5) is 0 Å². The van der Waals surface area contributed by atoms with E-state index in [2.05, 4.69) is 20.9 Å². The molecule has 0 unspecified atom stereocenters. The minimum Gasteiger partial charge on any atom is -0.491 e. The summed E-state index contributed by atoms with van der Waals surface area (Å²) in [6, 6.07) is 7.78. The molecule has 0 fully saturated rings. The van der Waals surface area contributed by atoms with Crippen LogP contribution in [0, 0.1) is 0 Å². The van der Waals surface area contributed by atoms with Gasteiger partial charge in [0, 0.05) is 21.5 Å². The van der Waals surface area contributed by atoms with Gasteiger partial charge in [-0.2, -0.15) is 0 Å². The van der Waals surface area contributed by atoms with Crippen LogP contribution in [0.5, 0.6) is 5.75 Å². The van der Waals surface area contributed by atoms with Crippen molar-refractivity contribution in [2.45, 2.75) is 20.0 Å². The van der Waals surface area contributed by atoms with Gasteiger partial charge >= 0.3 is 0 Å². The summed E-state index contributed by atoms with van der Waals surface area (Å²) >= 11 is 3.17. The van der Waals surface area contributed by atoms with Crippen molar-refractivity contribution in [1.29, 1.82) is 0 Å². The van der Waals surface area contributed by atoms with E-state index in [4.69, 9.17) is 9.15 Å². The van der Waals surface area contributed by atoms with Gasteiger partial charge in [-0.25, -0.2) is 4.98 Å². The van der Waals surface area contributed by atoms with E-state index in [1.54, 1.807) is 6.26 Å². The number of halogens is 1. The maximum absolute atomic E-state index is 5.56. The molecule has 3 nitrogen and oxygen atoms in total. The fourth-order valence-corrected chi connectivity index (χ4v) is 1.65. The van der Waals surface area contributed by atoms with E-state index in [1.807, 2.05) is 38.1 Å². The average Bonchev–Trinajstić information content (AvgIpc) is 2.65. The highest BCUT2D eigenvalue weighted by molar-refractivity contribution is 9.10. The Kier molecular flexibility index (Phi) is 3.29. The molecule has 1 heterocycles. The van der Waals surface area contributed by atoms with E-state index in [0.717, 1.165) is 17.0 Å². The number of ether oxygens (including phenoxy) is 1. The van der Waals surface area contributed by atoms with E-state index in [-0.39, 0.29) is 6.10 Å². The predicted octanol–water partition coefficient (Wildman–Crippen LogP) is 3.89. The van der Waals surface area contributed by atoms with Crippen LogP contribution in [0.3, 0.4) is 0 Å². The van der Waals surface area contributed by atoms with Crippen LogP contribution < -0.4 is 4.74 Å². The maximum atomic E-state index is 5.56. The van der Waals surface area contributed by atoms with Crippen molar-refractivity contribution >= 4 is 15.9 Å². The smallest absolute Gasteiger partial charge is 0.264 e. The normalized spacial score (nSPS) is 10.8. The topological polar surface area (TPSA) is 35.3 Å². The molecule has 0 aliphatic carbocycles. The summed E-state index contributed by atoms with van der Waals surface area (Å²) in [5, 5.41) is 0. The summed E-state index contributed by atoms with van der Waals surface area (Å²) in [5.74, 6) is 0.862. The number of benzene rings is 1. The molecule has 0 amide bonds. The Morgan fingerprint density at radius 2 is 1.94 bits per heavy atom. The van der Waals surface area contributed by atoms with Gasteiger partial charge < -0.3 is 9.15 Å². The summed E-state index contributed by atoms with van der Waals surface area (Å²) in [6.45, 7) is 4.01. The van der Waals surface area contributed by atoms with E-state index in [9.17, 15) is 0 Å². The van der Waals surface area contributed by atoms with Gasteiger partial charge in [-0.3, -0.25) is 0 Å². The van der Waals surface area contributed by atoms with Crippen molar-refractivity contribution in [2.24, 2.45) is 0 Å². The zero-order valence-electron chi connectivity index (χ0n) is 9.11. The SMILES string of the molecule is CC(C)Oc1ccc(-c2coc(Br)n2)cc1. The average molecular weight is 282 g/mol. The molecule has 0 aliphatic heterocycles. The van der Waals surface area contributed by atoms with Gasteiger partial charge in [0.2, 0.25) is 0 Å². The fraction of sp³-hybridized carbons (Fsp3) is 0.250. The molecule has 1 aromatic heterocycles. The Balaban J connectivity index is 2.19. The molecule has 16 heavy (non-hydrogen) atoms. The summed E-state index contributed by atoms with van der Waals surface area (Å²) in [4.78, 5) is 4.67. The van der Waals surface area contributed by atoms with Gasteiger partial charge in [0.15, 0.2) is 0 Å². The third kappa shape index (κ3) is 2.64. The van der Waals surface area contributed by atoms with Crippen molar-refractivity contribution in [3.63, 3.8) is 0 Å². The monoisotopic (exact) mass is 281 g/mol. The van der Waals surface area contributed by atoms with Crippen LogP contribution in [0.15, 0.2) is 39.7 Å². The molecule has 0 saturated heterocycles. The lowest BCUT2D eigenvalue weighted by atomic mass is 10.2. The largest absolute Gasteiger partial charge is 0.491 e. The molecule has 0 atom stereocenters. The molecule has 0 aliphatic rings. The number of nitrogens with zero attached hydrogens (tertiary/aromatic N) is 1. The van der Waals surface area contributed by atoms with Gasteiger partial charge in [-0.05, 0) is 38.1 Å². The van der Waals surface area contributed by atoms with Crippen LogP contribution in [-0.2, 0) is 0 Å². The lowest BCUT2D eigenvalue weighted by Gasteiger charge is -2.09. The van der Waals surface area contributed by atoms with Gasteiger partial charge in [-0.1, -0.05) is 0 Å². The highest BCUT2D eigenvalue weighted by Gasteiger charge is 2.04. The third-order valence-corrected chi connectivity index (χ3v) is 2.36. The molecule has 1 aromatic carbocycles. The Morgan fingerprint density at radius 1 is 1.25 bits per heavy atom. The Morgan fingerprint density at radius 3 is 2.44 bits per heavy atom. The number of aromatic nitrogens is 1. The standard InChI is InChI=1S/C12H12BrNO2/c1-8(2)16-10-5-3-9(4-6-10)11-7-15-12(13)14-11/h3-8H,1-2H3. The highest BCUT2D eigenvalue weighted by atomic mass is 79.9. The van der Waals surface area contributed by atoms with E-state index >= 15 is 0 Å². The number of hydrogen-bond donors (Lipinski definition) is 0. The number of oxazole rings is 1. The quantitative estimate of drug-likeness (QED) is 0.856. The lowest BCUT2D eigenvalue weighted by molar-refractivity contribution is 0.242. The van der Waals surface area contributed by atoms with Crippen LogP contribution in [0.1, 0.15) is 13.8 Å². The van der Waals surface area contributed by atoms with Gasteiger partial charge in [0.05, 0.1) is 6.10 Å². The molecular weight excluding hydrogens is 270 g/mol. The molecule has 0 N–H and O–H groups in total. The van der Waals surface area contributed by atoms with Crippen LogP contribution in [0.25, 0.3) is 11.3 Å². The Labute approximate surface area is 103 Å². The molecule has 4 heteroatoms. The molecule has 0 bridgehead atoms. The van der Waals surface area contributed by atoms with Gasteiger partial charge in [0.1, 0.15) is 17.7 Å². The predicted molar refractivity (Wildman–Crippen MR) is 65.4 cm³/mol. The first kappa shape index (κ1) is 11.2. The molecule has 2 rings (SSSR count). The highest BCUT2D eigenvalue weighted by Crippen LogP contribution is 2.23. The van der Waals surface area contributed by atoms with Crippen LogP contribution in [0.2, 0.25) is 0 Å². The van der Waals surface area contributed by atoms with Crippen molar-refractivity contribution in [2.75, 3.05) is 0 Å². The van der Waals surface area contributed by atoms with Crippen LogP contribution in [-0.4, -0.2) is 11.1 Å². The first-order valence-electron chi connectivity index (χ1n) is 5.03. The maximum Gasteiger partial charge on any atom is 0.264 e. The van der Waals surface area contributed by atoms with Crippen molar-refractivity contribution < 1.29 is 9.15 Å². The number of rotatable bonds is 3. The lowest BCUT2D eigenvalue weighted by Crippen LogP contribution is -2.05. The molecular formula is C12H12BrNO2. The molecule has 0 radical (unpaired) electrons. The van der Waals surface area contributed by atoms with Gasteiger partial charge in [-0.15, -0.1) is 0 Å². The minimum atomic E-state index is 0.187. The summed E-state index contributed by atoms with van der Waals surface area (Å²) in [5.41, 5.74) is 1.81. The molecule has 0 spiro atoms. The zero-order valence-corrected chi connectivity index (χ0v) is 10.7. The van der Waals surface area contributed by atoms with Crippen LogP contribution >= 0.6 is 15.9 Å². The minimum absolute atomic E-state index is 0.187. The summed E-state index contributed by atoms with van der Waals surface area (Å²) in [6.07, 6.45) is 1.80. The second-order valence-electron chi connectivity index (χ2n) is 3.68. The van der Waals surface area contributed by atoms with E-state index in [0.29, 0.717) is 4.80 Å². The van der Waals surface area contributed by atoms with Crippen molar-refractivity contribution in [3.05, 3.63) is 35.3 Å². The third-order valence-electron chi connectivity index (χ3n) is 2.00. The molecule has 0 saturated carbocycles. The van der Waals surface area contributed by atoms with E-state index < -0.39 is 0 Å². The summed E-state index contributed by atoms with van der Waals surface area (Å²) in [7, 11) is 0. The van der Waals surface area contributed by atoms with E-state index in [1.165, 1.54) is 0 Å². The second-order valence-corrected chi connectivity index (χ2v) is 4.36. The fourth-order valence-electron chi connectivity index (χ4n) is 1.36. The second kappa shape index (κ2) is 4.70. The van der Waals surface area contributed by atoms with Gasteiger partial charge in [0.25, 0.3) is 4.80 Å². The van der Waals surface area contributed by atoms with Crippen molar-refractivity contribution in [3.8, 4) is 17.0 Å². The zero-order chi connectivity index (χ0) is 11.5. The molecule has 84 valence electrons. The van der Waals surface area contributed by atoms with Crippen molar-refractivity contribution in [1.82, 2.24) is 4.98 Å². The first-order valence-corrected chi connectivity index (χ1v) is 5.82. The first-order chi connectivity index (χ1) is 7.65. The number of hydrogen-bond acceptors (Lipinski definition) is 3. The Bertz CT molecular complexity index is 462. The Hall–Kier alpha value is -1.29.